The Bertz CT molecular complexity index is 1160. The van der Waals surface area contributed by atoms with Crippen LogP contribution in [0.3, 0.4) is 0 Å². The molecule has 0 saturated carbocycles. The fourth-order valence-corrected chi connectivity index (χ4v) is 2.92. The van der Waals surface area contributed by atoms with Gasteiger partial charge in [0.25, 0.3) is 5.91 Å². The second-order valence-corrected chi connectivity index (χ2v) is 6.56. The number of carbonyl (C=O) groups is 1. The summed E-state index contributed by atoms with van der Waals surface area (Å²) in [5.74, 6) is 0.724. The van der Waals surface area contributed by atoms with E-state index in [9.17, 15) is 14.9 Å². The molecule has 0 radical (unpaired) electrons. The van der Waals surface area contributed by atoms with Gasteiger partial charge in [0.05, 0.1) is 19.1 Å². The number of hydrogen-bond acceptors (Lipinski definition) is 6. The maximum atomic E-state index is 12.2. The molecule has 1 amide bonds. The number of nitro groups is 1. The van der Waals surface area contributed by atoms with Gasteiger partial charge in [-0.25, -0.2) is 0 Å². The number of methoxy groups -OCH3 is 2. The summed E-state index contributed by atoms with van der Waals surface area (Å²) in [4.78, 5) is 26.5. The smallest absolute Gasteiger partial charge is 0.274 e. The van der Waals surface area contributed by atoms with Crippen LogP contribution in [0.4, 0.5) is 5.69 Å². The molecule has 0 unspecified atom stereocenters. The minimum atomic E-state index is -0.533. The minimum absolute atomic E-state index is 0.292. The lowest BCUT2D eigenvalue weighted by atomic mass is 10.0. The highest BCUT2D eigenvalue weighted by Crippen LogP contribution is 2.31. The Hall–Kier alpha value is -4.46. The van der Waals surface area contributed by atoms with Gasteiger partial charge in [0, 0.05) is 29.6 Å². The van der Waals surface area contributed by atoms with Gasteiger partial charge < -0.3 is 14.8 Å². The van der Waals surface area contributed by atoms with Crippen molar-refractivity contribution in [3.05, 3.63) is 99.5 Å². The van der Waals surface area contributed by atoms with E-state index in [1.165, 1.54) is 20.3 Å². The number of nitrogens with zero attached hydrogens (tertiary/aromatic N) is 2. The largest absolute Gasteiger partial charge is 0.497 e. The Labute approximate surface area is 185 Å². The molecule has 0 saturated heterocycles. The van der Waals surface area contributed by atoms with Gasteiger partial charge in [-0.2, -0.15) is 0 Å². The Balaban J connectivity index is 1.82. The molecule has 0 bridgehead atoms. The third kappa shape index (κ3) is 5.79. The monoisotopic (exact) mass is 431 g/mol. The van der Waals surface area contributed by atoms with Crippen molar-refractivity contribution in [2.45, 2.75) is 0 Å². The van der Waals surface area contributed by atoms with Crippen LogP contribution >= 0.6 is 0 Å². The zero-order chi connectivity index (χ0) is 22.9. The number of ether oxygens (including phenoxy) is 2. The number of nitrogens with one attached hydrogen (secondary N) is 1. The molecule has 3 aromatic rings. The average molecular weight is 431 g/mol. The summed E-state index contributed by atoms with van der Waals surface area (Å²) in [6.07, 6.45) is 7.47. The molecule has 3 rings (SSSR count). The lowest BCUT2D eigenvalue weighted by molar-refractivity contribution is -0.400. The van der Waals surface area contributed by atoms with Crippen molar-refractivity contribution in [3.63, 3.8) is 0 Å². The van der Waals surface area contributed by atoms with Gasteiger partial charge in [-0.3, -0.25) is 19.9 Å². The Kier molecular flexibility index (Phi) is 7.32. The van der Waals surface area contributed by atoms with E-state index in [4.69, 9.17) is 9.47 Å². The summed E-state index contributed by atoms with van der Waals surface area (Å²) in [6.45, 7) is 0. The van der Waals surface area contributed by atoms with Crippen molar-refractivity contribution >= 4 is 29.8 Å². The first-order valence-corrected chi connectivity index (χ1v) is 9.58. The molecule has 0 spiro atoms. The number of anilines is 1. The predicted molar refractivity (Wildman–Crippen MR) is 123 cm³/mol. The minimum Gasteiger partial charge on any atom is -0.497 e. The van der Waals surface area contributed by atoms with E-state index in [2.05, 4.69) is 10.3 Å². The van der Waals surface area contributed by atoms with Crippen molar-refractivity contribution in [1.29, 1.82) is 0 Å². The van der Waals surface area contributed by atoms with Crippen LogP contribution < -0.4 is 14.8 Å². The van der Waals surface area contributed by atoms with Gasteiger partial charge in [-0.15, -0.1) is 0 Å². The van der Waals surface area contributed by atoms with Crippen LogP contribution in [0.2, 0.25) is 0 Å². The van der Waals surface area contributed by atoms with Crippen molar-refractivity contribution in [1.82, 2.24) is 4.98 Å². The molecule has 2 aromatic carbocycles. The van der Waals surface area contributed by atoms with Gasteiger partial charge in [-0.1, -0.05) is 30.4 Å². The van der Waals surface area contributed by atoms with E-state index in [1.807, 2.05) is 24.3 Å². The van der Waals surface area contributed by atoms with Gasteiger partial charge in [0.15, 0.2) is 0 Å². The SMILES string of the molecule is COc1cc(/C=C/c2ccc(NC(=O)c3ccccn3)cc2)c(/C=C/[N+](=O)[O-])c(OC)c1. The summed E-state index contributed by atoms with van der Waals surface area (Å²) in [5, 5.41) is 13.6. The lowest BCUT2D eigenvalue weighted by Gasteiger charge is -2.11. The molecule has 32 heavy (non-hydrogen) atoms. The number of rotatable bonds is 8. The Morgan fingerprint density at radius 2 is 1.81 bits per heavy atom. The van der Waals surface area contributed by atoms with Crippen LogP contribution in [-0.2, 0) is 0 Å². The average Bonchev–Trinajstić information content (AvgIpc) is 2.82. The number of aromatic nitrogens is 1. The normalized spacial score (nSPS) is 10.9. The first-order valence-electron chi connectivity index (χ1n) is 9.58. The first kappa shape index (κ1) is 22.2. The second kappa shape index (κ2) is 10.5. The van der Waals surface area contributed by atoms with E-state index in [0.29, 0.717) is 34.0 Å². The molecule has 0 atom stereocenters. The lowest BCUT2D eigenvalue weighted by Crippen LogP contribution is -2.13. The molecule has 0 fully saturated rings. The van der Waals surface area contributed by atoms with Crippen LogP contribution in [0.25, 0.3) is 18.2 Å². The highest BCUT2D eigenvalue weighted by molar-refractivity contribution is 6.02. The zero-order valence-electron chi connectivity index (χ0n) is 17.5. The van der Waals surface area contributed by atoms with Crippen molar-refractivity contribution in [3.8, 4) is 11.5 Å². The third-order valence-corrected chi connectivity index (χ3v) is 4.49. The van der Waals surface area contributed by atoms with Crippen LogP contribution in [0.5, 0.6) is 11.5 Å². The quantitative estimate of drug-likeness (QED) is 0.313. The maximum absolute atomic E-state index is 12.2. The van der Waals surface area contributed by atoms with Gasteiger partial charge in [0.2, 0.25) is 6.20 Å². The summed E-state index contributed by atoms with van der Waals surface area (Å²) in [5.41, 5.74) is 3.08. The summed E-state index contributed by atoms with van der Waals surface area (Å²) in [7, 11) is 3.02. The Morgan fingerprint density at radius 1 is 1.03 bits per heavy atom. The van der Waals surface area contributed by atoms with Gasteiger partial charge in [0.1, 0.15) is 17.2 Å². The molecule has 162 valence electrons. The van der Waals surface area contributed by atoms with E-state index in [0.717, 1.165) is 11.8 Å². The maximum Gasteiger partial charge on any atom is 0.274 e. The Morgan fingerprint density at radius 3 is 2.44 bits per heavy atom. The van der Waals surface area contributed by atoms with Crippen LogP contribution in [0.1, 0.15) is 27.2 Å². The standard InChI is InChI=1S/C24H21N3O5/c1-31-20-15-18(21(12-14-27(29)30)23(16-20)32-2)9-6-17-7-10-19(11-8-17)26-24(28)22-5-3-4-13-25-22/h3-16H,1-2H3,(H,26,28)/b9-6+,14-12+. The second-order valence-electron chi connectivity index (χ2n) is 6.56. The molecular weight excluding hydrogens is 410 g/mol. The van der Waals surface area contributed by atoms with Crippen molar-refractivity contribution < 1.29 is 19.2 Å². The number of amides is 1. The third-order valence-electron chi connectivity index (χ3n) is 4.49. The first-order chi connectivity index (χ1) is 15.5. The molecule has 1 N–H and O–H groups in total. The number of pyridine rings is 1. The topological polar surface area (TPSA) is 104 Å². The van der Waals surface area contributed by atoms with Crippen LogP contribution in [0, 0.1) is 10.1 Å². The van der Waals surface area contributed by atoms with E-state index >= 15 is 0 Å². The highest BCUT2D eigenvalue weighted by atomic mass is 16.6. The molecule has 0 aliphatic heterocycles. The van der Waals surface area contributed by atoms with E-state index < -0.39 is 4.92 Å². The van der Waals surface area contributed by atoms with Gasteiger partial charge >= 0.3 is 0 Å². The fourth-order valence-electron chi connectivity index (χ4n) is 2.92. The number of hydrogen-bond donors (Lipinski definition) is 1. The summed E-state index contributed by atoms with van der Waals surface area (Å²) in [6, 6.07) is 15.8. The van der Waals surface area contributed by atoms with Crippen molar-refractivity contribution in [2.75, 3.05) is 19.5 Å². The van der Waals surface area contributed by atoms with E-state index in [1.54, 1.807) is 48.7 Å². The highest BCUT2D eigenvalue weighted by Gasteiger charge is 2.10. The number of benzene rings is 2. The molecule has 8 heteroatoms. The van der Waals surface area contributed by atoms with Crippen LogP contribution in [0.15, 0.2) is 67.0 Å². The summed E-state index contributed by atoms with van der Waals surface area (Å²) < 4.78 is 10.7. The fraction of sp³-hybridized carbons (Fsp3) is 0.0833. The molecular formula is C24H21N3O5. The molecule has 8 nitrogen and oxygen atoms in total. The molecule has 0 aliphatic rings. The predicted octanol–water partition coefficient (Wildman–Crippen LogP) is 4.77. The number of carbonyl (C=O) groups excluding carboxylic acids is 1. The molecule has 1 aromatic heterocycles. The van der Waals surface area contributed by atoms with Gasteiger partial charge in [-0.05, 0) is 41.5 Å². The molecule has 1 heterocycles. The van der Waals surface area contributed by atoms with Crippen LogP contribution in [-0.4, -0.2) is 30.0 Å². The zero-order valence-corrected chi connectivity index (χ0v) is 17.5. The van der Waals surface area contributed by atoms with E-state index in [-0.39, 0.29) is 5.91 Å². The van der Waals surface area contributed by atoms with Crippen molar-refractivity contribution in [2.24, 2.45) is 0 Å². The summed E-state index contributed by atoms with van der Waals surface area (Å²) >= 11 is 0. The molecule has 0 aliphatic carbocycles.